The molecule has 0 unspecified atom stereocenters. The average Bonchev–Trinajstić information content (AvgIpc) is 3.60. The van der Waals surface area contributed by atoms with Crippen molar-refractivity contribution in [2.45, 2.75) is 12.1 Å². The minimum absolute atomic E-state index is 0.00505. The van der Waals surface area contributed by atoms with E-state index in [1.807, 2.05) is 24.4 Å². The van der Waals surface area contributed by atoms with Crippen LogP contribution in [0, 0.1) is 0 Å². The number of thiazole rings is 1. The number of nitrogens with one attached hydrogen (secondary N) is 1. The van der Waals surface area contributed by atoms with Crippen molar-refractivity contribution in [1.29, 1.82) is 0 Å². The van der Waals surface area contributed by atoms with Gasteiger partial charge in [0.2, 0.25) is 0 Å². The van der Waals surface area contributed by atoms with Gasteiger partial charge in [-0.1, -0.05) is 29.5 Å². The zero-order valence-corrected chi connectivity index (χ0v) is 20.3. The fourth-order valence-corrected chi connectivity index (χ4v) is 6.12. The quantitative estimate of drug-likeness (QED) is 0.413. The molecule has 2 atom stereocenters. The summed E-state index contributed by atoms with van der Waals surface area (Å²) in [7, 11) is 0. The first-order valence-electron chi connectivity index (χ1n) is 11.6. The number of benzene rings is 1. The van der Waals surface area contributed by atoms with Crippen molar-refractivity contribution in [3.63, 3.8) is 0 Å². The zero-order chi connectivity index (χ0) is 22.9. The minimum Gasteiger partial charge on any atom is -0.379 e. The van der Waals surface area contributed by atoms with Gasteiger partial charge in [-0.25, -0.2) is 4.98 Å². The molecule has 2 fully saturated rings. The Balaban J connectivity index is 1.37. The third-order valence-electron chi connectivity index (χ3n) is 6.53. The normalized spacial score (nSPS) is 21.3. The summed E-state index contributed by atoms with van der Waals surface area (Å²) in [4.78, 5) is 14.4. The molecule has 2 saturated heterocycles. The van der Waals surface area contributed by atoms with E-state index in [0.29, 0.717) is 0 Å². The molecule has 1 aromatic carbocycles. The van der Waals surface area contributed by atoms with Crippen LogP contribution in [0.1, 0.15) is 23.5 Å². The number of morpholine rings is 1. The van der Waals surface area contributed by atoms with Crippen LogP contribution in [0.25, 0.3) is 15.3 Å². The molecule has 0 spiro atoms. The molecule has 0 saturated carbocycles. The smallest absolute Gasteiger partial charge is 0.194 e. The largest absolute Gasteiger partial charge is 0.379 e. The second-order valence-corrected chi connectivity index (χ2v) is 9.94. The highest BCUT2D eigenvalue weighted by Gasteiger charge is 2.41. The van der Waals surface area contributed by atoms with Gasteiger partial charge >= 0.3 is 0 Å². The van der Waals surface area contributed by atoms with Gasteiger partial charge in [-0.2, -0.15) is 0 Å². The minimum atomic E-state index is -0.0404. The average molecular weight is 491 g/mol. The van der Waals surface area contributed by atoms with Crippen molar-refractivity contribution in [3.8, 4) is 5.13 Å². The third kappa shape index (κ3) is 4.09. The van der Waals surface area contributed by atoms with Crippen LogP contribution in [0.2, 0.25) is 0 Å². The molecule has 3 aromatic heterocycles. The maximum absolute atomic E-state index is 5.87. The summed E-state index contributed by atoms with van der Waals surface area (Å²) in [6, 6.07) is 18.6. The first-order valence-corrected chi connectivity index (χ1v) is 12.8. The van der Waals surface area contributed by atoms with E-state index in [4.69, 9.17) is 21.9 Å². The van der Waals surface area contributed by atoms with Crippen LogP contribution < -0.4 is 5.32 Å². The van der Waals surface area contributed by atoms with E-state index < -0.39 is 0 Å². The molecule has 2 aliphatic rings. The number of hydrogen-bond donors (Lipinski definition) is 1. The molecule has 9 heteroatoms. The summed E-state index contributed by atoms with van der Waals surface area (Å²) in [5, 5.41) is 5.31. The summed E-state index contributed by atoms with van der Waals surface area (Å²) < 4.78 is 8.92. The van der Waals surface area contributed by atoms with Gasteiger partial charge < -0.3 is 15.0 Å². The lowest BCUT2D eigenvalue weighted by Gasteiger charge is -2.32. The molecule has 0 radical (unpaired) electrons. The first-order chi connectivity index (χ1) is 16.8. The van der Waals surface area contributed by atoms with Crippen molar-refractivity contribution < 1.29 is 4.74 Å². The van der Waals surface area contributed by atoms with Crippen molar-refractivity contribution in [2.75, 3.05) is 39.4 Å². The molecule has 0 amide bonds. The third-order valence-corrected chi connectivity index (χ3v) is 7.92. The number of para-hydroxylation sites is 1. The Morgan fingerprint density at radius 2 is 1.88 bits per heavy atom. The number of rotatable bonds is 6. The molecule has 1 N–H and O–H groups in total. The monoisotopic (exact) mass is 490 g/mol. The fraction of sp³-hybridized carbons (Fsp3) is 0.320. The van der Waals surface area contributed by atoms with Crippen molar-refractivity contribution in [2.24, 2.45) is 0 Å². The van der Waals surface area contributed by atoms with Crippen LogP contribution in [0.5, 0.6) is 0 Å². The first kappa shape index (κ1) is 21.7. The molecule has 4 aromatic rings. The van der Waals surface area contributed by atoms with E-state index in [-0.39, 0.29) is 12.1 Å². The lowest BCUT2D eigenvalue weighted by molar-refractivity contribution is 0.0349. The van der Waals surface area contributed by atoms with E-state index in [9.17, 15) is 0 Å². The molecule has 2 aliphatic heterocycles. The molecule has 7 nitrogen and oxygen atoms in total. The van der Waals surface area contributed by atoms with Gasteiger partial charge in [-0.15, -0.1) is 0 Å². The van der Waals surface area contributed by atoms with Gasteiger partial charge in [0.25, 0.3) is 0 Å². The van der Waals surface area contributed by atoms with Gasteiger partial charge in [-0.05, 0) is 48.6 Å². The second kappa shape index (κ2) is 9.42. The van der Waals surface area contributed by atoms with Gasteiger partial charge in [0.05, 0.1) is 46.9 Å². The Labute approximate surface area is 208 Å². The highest BCUT2D eigenvalue weighted by atomic mass is 32.1. The standard InChI is InChI=1S/C25H26N6OS2/c33-24-28-22(19-7-3-4-10-26-19)23(31(24)13-12-29-14-16-32-17-15-29)20-8-5-11-30(20)25-27-18-6-1-2-9-21(18)34-25/h1-11,22-23H,12-17H2,(H,28,33)/t22-,23+/m1/s1. The van der Waals surface area contributed by atoms with E-state index in [0.717, 1.165) is 66.5 Å². The summed E-state index contributed by atoms with van der Waals surface area (Å²) in [5.41, 5.74) is 3.16. The Kier molecular flexibility index (Phi) is 6.00. The van der Waals surface area contributed by atoms with Crippen LogP contribution in [0.4, 0.5) is 0 Å². The predicted molar refractivity (Wildman–Crippen MR) is 138 cm³/mol. The summed E-state index contributed by atoms with van der Waals surface area (Å²) in [6.45, 7) is 5.30. The topological polar surface area (TPSA) is 58.5 Å². The summed E-state index contributed by atoms with van der Waals surface area (Å²) >= 11 is 7.57. The number of thiocarbonyl (C=S) groups is 1. The highest BCUT2D eigenvalue weighted by molar-refractivity contribution is 7.80. The molecule has 5 heterocycles. The SMILES string of the molecule is S=C1N[C@H](c2ccccn2)[C@H](c2cccn2-c2nc3ccccc3s2)N1CCN1CCOCC1. The van der Waals surface area contributed by atoms with E-state index in [1.54, 1.807) is 11.3 Å². The predicted octanol–water partition coefficient (Wildman–Crippen LogP) is 3.79. The Bertz CT molecular complexity index is 1250. The molecule has 0 aliphatic carbocycles. The lowest BCUT2D eigenvalue weighted by atomic mass is 10.0. The molecule has 34 heavy (non-hydrogen) atoms. The van der Waals surface area contributed by atoms with Gasteiger partial charge in [0.1, 0.15) is 0 Å². The van der Waals surface area contributed by atoms with Crippen molar-refractivity contribution >= 4 is 38.9 Å². The summed E-state index contributed by atoms with van der Waals surface area (Å²) in [5.74, 6) is 0. The molecule has 174 valence electrons. The maximum atomic E-state index is 5.87. The molecule has 6 rings (SSSR count). The van der Waals surface area contributed by atoms with Crippen molar-refractivity contribution in [3.05, 3.63) is 78.4 Å². The van der Waals surface area contributed by atoms with E-state index >= 15 is 0 Å². The number of hydrogen-bond acceptors (Lipinski definition) is 6. The van der Waals surface area contributed by atoms with Crippen LogP contribution in [-0.4, -0.2) is 68.8 Å². The number of fused-ring (bicyclic) bond motifs is 1. The second-order valence-electron chi connectivity index (χ2n) is 8.54. The van der Waals surface area contributed by atoms with Gasteiger partial charge in [0.15, 0.2) is 10.2 Å². The van der Waals surface area contributed by atoms with Crippen LogP contribution in [0.3, 0.4) is 0 Å². The number of aromatic nitrogens is 3. The van der Waals surface area contributed by atoms with Gasteiger partial charge in [0, 0.05) is 38.6 Å². The summed E-state index contributed by atoms with van der Waals surface area (Å²) in [6.07, 6.45) is 3.95. The zero-order valence-electron chi connectivity index (χ0n) is 18.7. The Morgan fingerprint density at radius 3 is 2.71 bits per heavy atom. The molecule has 0 bridgehead atoms. The molecular formula is C25H26N6OS2. The van der Waals surface area contributed by atoms with Crippen LogP contribution >= 0.6 is 23.6 Å². The Hall–Kier alpha value is -2.85. The van der Waals surface area contributed by atoms with E-state index in [2.05, 4.69) is 67.3 Å². The molecular weight excluding hydrogens is 464 g/mol. The highest BCUT2D eigenvalue weighted by Crippen LogP contribution is 2.40. The van der Waals surface area contributed by atoms with Crippen LogP contribution in [0.15, 0.2) is 67.0 Å². The lowest BCUT2D eigenvalue weighted by Crippen LogP contribution is -2.42. The number of ether oxygens (including phenoxy) is 1. The number of nitrogens with zero attached hydrogens (tertiary/aromatic N) is 5. The van der Waals surface area contributed by atoms with Gasteiger partial charge in [-0.3, -0.25) is 14.5 Å². The maximum Gasteiger partial charge on any atom is 0.194 e. The fourth-order valence-electron chi connectivity index (χ4n) is 4.81. The number of pyridine rings is 1. The Morgan fingerprint density at radius 1 is 1.03 bits per heavy atom. The van der Waals surface area contributed by atoms with Crippen molar-refractivity contribution in [1.82, 2.24) is 29.7 Å². The van der Waals surface area contributed by atoms with Crippen LogP contribution in [-0.2, 0) is 4.74 Å². The van der Waals surface area contributed by atoms with E-state index in [1.165, 1.54) is 4.70 Å².